The van der Waals surface area contributed by atoms with Crippen LogP contribution in [-0.4, -0.2) is 45.4 Å². The van der Waals surface area contributed by atoms with E-state index in [0.717, 1.165) is 12.8 Å². The highest BCUT2D eigenvalue weighted by Gasteiger charge is 2.33. The van der Waals surface area contributed by atoms with Gasteiger partial charge in [-0.15, -0.1) is 0 Å². The Morgan fingerprint density at radius 2 is 2.04 bits per heavy atom. The van der Waals surface area contributed by atoms with Crippen LogP contribution in [0.1, 0.15) is 62.0 Å². The van der Waals surface area contributed by atoms with Crippen molar-refractivity contribution in [2.45, 2.75) is 51.4 Å². The molecule has 0 spiro atoms. The quantitative estimate of drug-likeness (QED) is 0.847. The van der Waals surface area contributed by atoms with Gasteiger partial charge in [0.05, 0.1) is 6.42 Å². The number of halogens is 2. The minimum atomic E-state index is -3.25. The Bertz CT molecular complexity index is 637. The molecule has 24 heavy (non-hydrogen) atoms. The second-order valence-electron chi connectivity index (χ2n) is 5.79. The molecule has 8 nitrogen and oxygen atoms in total. The lowest BCUT2D eigenvalue weighted by Gasteiger charge is -2.18. The van der Waals surface area contributed by atoms with Crippen molar-refractivity contribution in [2.75, 3.05) is 6.54 Å². The van der Waals surface area contributed by atoms with Crippen molar-refractivity contribution in [3.8, 4) is 0 Å². The van der Waals surface area contributed by atoms with Gasteiger partial charge in [0.15, 0.2) is 5.82 Å². The van der Waals surface area contributed by atoms with Gasteiger partial charge in [0.1, 0.15) is 0 Å². The Labute approximate surface area is 136 Å². The monoisotopic (exact) mass is 344 g/mol. The molecular weight excluding hydrogens is 326 g/mol. The van der Waals surface area contributed by atoms with Crippen LogP contribution in [0.15, 0.2) is 4.52 Å². The van der Waals surface area contributed by atoms with Crippen molar-refractivity contribution in [2.24, 2.45) is 0 Å². The van der Waals surface area contributed by atoms with Crippen LogP contribution in [0, 0.1) is 0 Å². The second-order valence-corrected chi connectivity index (χ2v) is 5.79. The normalized spacial score (nSPS) is 14.3. The average molecular weight is 344 g/mol. The molecule has 0 atom stereocenters. The number of hydrogen-bond donors (Lipinski definition) is 1. The number of aromatic nitrogens is 2. The summed E-state index contributed by atoms with van der Waals surface area (Å²) in [4.78, 5) is 40.4. The lowest BCUT2D eigenvalue weighted by Crippen LogP contribution is -2.47. The molecule has 0 saturated heterocycles. The van der Waals surface area contributed by atoms with Crippen LogP contribution in [0.5, 0.6) is 0 Å². The molecule has 1 aromatic heterocycles. The lowest BCUT2D eigenvalue weighted by molar-refractivity contribution is -0.126. The highest BCUT2D eigenvalue weighted by atomic mass is 19.3. The number of rotatable bonds is 6. The van der Waals surface area contributed by atoms with Gasteiger partial charge < -0.3 is 4.52 Å². The van der Waals surface area contributed by atoms with Crippen LogP contribution in [0.2, 0.25) is 0 Å². The van der Waals surface area contributed by atoms with E-state index < -0.39 is 30.2 Å². The van der Waals surface area contributed by atoms with Crippen molar-refractivity contribution in [3.63, 3.8) is 0 Å². The molecule has 2 rings (SSSR count). The summed E-state index contributed by atoms with van der Waals surface area (Å²) in [5.74, 6) is -5.10. The number of carbonyl (C=O) groups excluding carboxylic acids is 3. The molecule has 0 aliphatic heterocycles. The minimum Gasteiger partial charge on any atom is -0.329 e. The van der Waals surface area contributed by atoms with E-state index in [9.17, 15) is 23.2 Å². The molecule has 132 valence electrons. The molecular formula is C14H18F2N4O4. The molecule has 1 aliphatic carbocycles. The second kappa shape index (κ2) is 7.02. The first-order valence-electron chi connectivity index (χ1n) is 7.58. The fourth-order valence-electron chi connectivity index (χ4n) is 1.98. The van der Waals surface area contributed by atoms with E-state index in [2.05, 4.69) is 10.1 Å². The van der Waals surface area contributed by atoms with Crippen LogP contribution in [0.4, 0.5) is 13.6 Å². The first-order valence-corrected chi connectivity index (χ1v) is 7.58. The smallest absolute Gasteiger partial charge is 0.329 e. The van der Waals surface area contributed by atoms with Gasteiger partial charge in [-0.25, -0.2) is 13.6 Å². The summed E-state index contributed by atoms with van der Waals surface area (Å²) in [6.45, 7) is 2.24. The summed E-state index contributed by atoms with van der Waals surface area (Å²) >= 11 is 0. The predicted octanol–water partition coefficient (Wildman–Crippen LogP) is 2.08. The fourth-order valence-corrected chi connectivity index (χ4v) is 1.98. The van der Waals surface area contributed by atoms with Crippen LogP contribution >= 0.6 is 0 Å². The summed E-state index contributed by atoms with van der Waals surface area (Å²) in [5, 5.41) is 5.45. The maximum Gasteiger partial charge on any atom is 0.331 e. The van der Waals surface area contributed by atoms with E-state index in [1.807, 2.05) is 0 Å². The number of hydrogen-bond acceptors (Lipinski definition) is 6. The van der Waals surface area contributed by atoms with Gasteiger partial charge in [0, 0.05) is 12.5 Å². The van der Waals surface area contributed by atoms with Crippen molar-refractivity contribution >= 4 is 17.8 Å². The largest absolute Gasteiger partial charge is 0.331 e. The Morgan fingerprint density at radius 1 is 1.38 bits per heavy atom. The topological polar surface area (TPSA) is 105 Å². The molecule has 10 heteroatoms. The zero-order valence-corrected chi connectivity index (χ0v) is 13.3. The van der Waals surface area contributed by atoms with Crippen molar-refractivity contribution in [3.05, 3.63) is 11.7 Å². The predicted molar refractivity (Wildman–Crippen MR) is 76.4 cm³/mol. The first-order chi connectivity index (χ1) is 11.2. The van der Waals surface area contributed by atoms with E-state index in [-0.39, 0.29) is 18.4 Å². The SMILES string of the molecule is CCCN(C(=O)NC(=O)CC(C)(F)F)C(=O)c1nc(C2CC2)no1. The minimum absolute atomic E-state index is 0.0262. The van der Waals surface area contributed by atoms with Gasteiger partial charge in [-0.2, -0.15) is 4.98 Å². The van der Waals surface area contributed by atoms with Gasteiger partial charge in [0.25, 0.3) is 5.92 Å². The highest BCUT2D eigenvalue weighted by molar-refractivity contribution is 6.06. The molecule has 0 bridgehead atoms. The maximum atomic E-state index is 12.8. The molecule has 1 fully saturated rings. The molecule has 0 aromatic carbocycles. The Balaban J connectivity index is 2.04. The third-order valence-corrected chi connectivity index (χ3v) is 3.22. The maximum absolute atomic E-state index is 12.8. The molecule has 1 aliphatic rings. The molecule has 4 amide bonds. The summed E-state index contributed by atoms with van der Waals surface area (Å²) in [6, 6.07) is -1.10. The summed E-state index contributed by atoms with van der Waals surface area (Å²) in [6.07, 6.45) is 1.07. The number of amides is 4. The van der Waals surface area contributed by atoms with Crippen LogP contribution in [0.25, 0.3) is 0 Å². The van der Waals surface area contributed by atoms with Gasteiger partial charge in [0.2, 0.25) is 5.91 Å². The average Bonchev–Trinajstić information content (AvgIpc) is 3.19. The third-order valence-electron chi connectivity index (χ3n) is 3.22. The van der Waals surface area contributed by atoms with Crippen molar-refractivity contribution in [1.29, 1.82) is 0 Å². The molecule has 1 N–H and O–H groups in total. The van der Waals surface area contributed by atoms with Crippen molar-refractivity contribution < 1.29 is 27.7 Å². The zero-order chi connectivity index (χ0) is 17.9. The number of nitrogens with zero attached hydrogens (tertiary/aromatic N) is 3. The van der Waals surface area contributed by atoms with Crippen LogP contribution < -0.4 is 5.32 Å². The van der Waals surface area contributed by atoms with Gasteiger partial charge in [-0.3, -0.25) is 19.8 Å². The van der Waals surface area contributed by atoms with E-state index in [0.29, 0.717) is 24.1 Å². The number of urea groups is 1. The molecule has 0 radical (unpaired) electrons. The standard InChI is InChI=1S/C14H18F2N4O4/c1-3-6-20(13(23)17-9(21)7-14(2,15)16)12(22)11-18-10(19-24-11)8-4-5-8/h8H,3-7H2,1-2H3,(H,17,21,23). The van der Waals surface area contributed by atoms with Gasteiger partial charge in [-0.05, 0) is 26.2 Å². The van der Waals surface area contributed by atoms with E-state index in [1.165, 1.54) is 0 Å². The number of alkyl halides is 2. The number of carbonyl (C=O) groups is 3. The molecule has 1 heterocycles. The number of nitrogens with one attached hydrogen (secondary N) is 1. The molecule has 1 saturated carbocycles. The zero-order valence-electron chi connectivity index (χ0n) is 13.3. The Kier molecular flexibility index (Phi) is 5.25. The highest BCUT2D eigenvalue weighted by Crippen LogP contribution is 2.38. The van der Waals surface area contributed by atoms with E-state index >= 15 is 0 Å². The first kappa shape index (κ1) is 18.0. The third kappa shape index (κ3) is 4.80. The lowest BCUT2D eigenvalue weighted by atomic mass is 10.2. The number of imide groups is 2. The van der Waals surface area contributed by atoms with Gasteiger partial charge >= 0.3 is 17.8 Å². The fraction of sp³-hybridized carbons (Fsp3) is 0.643. The summed E-state index contributed by atoms with van der Waals surface area (Å²) in [5.41, 5.74) is 0. The Hall–Kier alpha value is -2.39. The van der Waals surface area contributed by atoms with Crippen molar-refractivity contribution in [1.82, 2.24) is 20.4 Å². The van der Waals surface area contributed by atoms with Crippen LogP contribution in [0.3, 0.4) is 0 Å². The summed E-state index contributed by atoms with van der Waals surface area (Å²) in [7, 11) is 0. The Morgan fingerprint density at radius 3 is 2.58 bits per heavy atom. The van der Waals surface area contributed by atoms with Gasteiger partial charge in [-0.1, -0.05) is 12.1 Å². The van der Waals surface area contributed by atoms with E-state index in [4.69, 9.17) is 4.52 Å². The summed E-state index contributed by atoms with van der Waals surface area (Å²) < 4.78 is 30.4. The molecule has 1 aromatic rings. The van der Waals surface area contributed by atoms with Crippen LogP contribution in [-0.2, 0) is 4.79 Å². The van der Waals surface area contributed by atoms with E-state index in [1.54, 1.807) is 12.2 Å². The molecule has 0 unspecified atom stereocenters.